The SMILES string of the molecule is COC(=O)c1c(S(=O)(=O)N2CCCCCCC2)sc2c1CCN(C(=O)C1CCCC1)C2. The quantitative estimate of drug-likeness (QED) is 0.631. The largest absolute Gasteiger partial charge is 0.465 e. The number of thiophene rings is 1. The Morgan fingerprint density at radius 1 is 0.968 bits per heavy atom. The van der Waals surface area contributed by atoms with Crippen LogP contribution >= 0.6 is 11.3 Å². The van der Waals surface area contributed by atoms with Crippen LogP contribution in [-0.4, -0.2) is 56.2 Å². The molecule has 1 saturated heterocycles. The second-order valence-corrected chi connectivity index (χ2v) is 12.1. The molecule has 2 aliphatic heterocycles. The van der Waals surface area contributed by atoms with Crippen LogP contribution in [0.1, 0.15) is 78.6 Å². The Kier molecular flexibility index (Phi) is 7.03. The first-order chi connectivity index (χ1) is 14.9. The lowest BCUT2D eigenvalue weighted by atomic mass is 10.0. The molecule has 1 aromatic rings. The van der Waals surface area contributed by atoms with Crippen molar-refractivity contribution in [1.82, 2.24) is 9.21 Å². The van der Waals surface area contributed by atoms with Gasteiger partial charge in [-0.1, -0.05) is 32.1 Å². The van der Waals surface area contributed by atoms with Gasteiger partial charge in [-0.2, -0.15) is 4.31 Å². The lowest BCUT2D eigenvalue weighted by molar-refractivity contribution is -0.136. The molecule has 1 saturated carbocycles. The van der Waals surface area contributed by atoms with E-state index in [2.05, 4.69) is 0 Å². The third-order valence-electron chi connectivity index (χ3n) is 6.82. The third kappa shape index (κ3) is 4.54. The first kappa shape index (κ1) is 22.7. The van der Waals surface area contributed by atoms with Gasteiger partial charge in [0.25, 0.3) is 10.0 Å². The van der Waals surface area contributed by atoms with Crippen molar-refractivity contribution in [3.63, 3.8) is 0 Å². The molecule has 1 amide bonds. The van der Waals surface area contributed by atoms with Crippen LogP contribution in [-0.2, 0) is 32.5 Å². The number of nitrogens with zero attached hydrogens (tertiary/aromatic N) is 2. The number of fused-ring (bicyclic) bond motifs is 1. The molecular weight excluding hydrogens is 436 g/mol. The molecule has 0 bridgehead atoms. The summed E-state index contributed by atoms with van der Waals surface area (Å²) in [5.74, 6) is -0.339. The fourth-order valence-corrected chi connectivity index (χ4v) is 8.62. The first-order valence-electron chi connectivity index (χ1n) is 11.4. The van der Waals surface area contributed by atoms with Crippen molar-refractivity contribution in [2.45, 2.75) is 75.0 Å². The second-order valence-electron chi connectivity index (χ2n) is 8.82. The molecule has 0 radical (unpaired) electrons. The first-order valence-corrected chi connectivity index (χ1v) is 13.7. The highest BCUT2D eigenvalue weighted by Gasteiger charge is 2.38. The number of rotatable bonds is 4. The maximum atomic E-state index is 13.6. The van der Waals surface area contributed by atoms with Crippen LogP contribution in [0.2, 0.25) is 0 Å². The lowest BCUT2D eigenvalue weighted by Gasteiger charge is -2.29. The molecule has 0 spiro atoms. The normalized spacial score (nSPS) is 21.4. The van der Waals surface area contributed by atoms with E-state index in [1.165, 1.54) is 11.4 Å². The molecule has 7 nitrogen and oxygen atoms in total. The smallest absolute Gasteiger partial charge is 0.340 e. The Hall–Kier alpha value is -1.45. The van der Waals surface area contributed by atoms with Gasteiger partial charge in [0, 0.05) is 30.4 Å². The minimum Gasteiger partial charge on any atom is -0.465 e. The summed E-state index contributed by atoms with van der Waals surface area (Å²) in [5, 5.41) is 0. The van der Waals surface area contributed by atoms with Crippen molar-refractivity contribution >= 4 is 33.2 Å². The van der Waals surface area contributed by atoms with E-state index in [1.807, 2.05) is 4.90 Å². The fourth-order valence-electron chi connectivity index (χ4n) is 5.06. The fraction of sp³-hybridized carbons (Fsp3) is 0.727. The number of carbonyl (C=O) groups excluding carboxylic acids is 2. The van der Waals surface area contributed by atoms with Gasteiger partial charge in [-0.15, -0.1) is 11.3 Å². The Labute approximate surface area is 188 Å². The van der Waals surface area contributed by atoms with Crippen molar-refractivity contribution in [3.05, 3.63) is 16.0 Å². The van der Waals surface area contributed by atoms with Gasteiger partial charge in [0.15, 0.2) is 0 Å². The Morgan fingerprint density at radius 2 is 1.61 bits per heavy atom. The van der Waals surface area contributed by atoms with Crippen molar-refractivity contribution in [3.8, 4) is 0 Å². The maximum Gasteiger partial charge on any atom is 0.340 e. The molecule has 0 N–H and O–H groups in total. The van der Waals surface area contributed by atoms with E-state index in [0.29, 0.717) is 32.6 Å². The minimum atomic E-state index is -3.79. The molecule has 1 aliphatic carbocycles. The van der Waals surface area contributed by atoms with Gasteiger partial charge in [-0.3, -0.25) is 4.79 Å². The minimum absolute atomic E-state index is 0.0887. The summed E-state index contributed by atoms with van der Waals surface area (Å²) in [5.41, 5.74) is 0.940. The maximum absolute atomic E-state index is 13.6. The molecular formula is C22H32N2O5S2. The van der Waals surface area contributed by atoms with Crippen LogP contribution in [0, 0.1) is 5.92 Å². The molecule has 0 unspecified atom stereocenters. The summed E-state index contributed by atoms with van der Waals surface area (Å²) in [6.45, 7) is 1.87. The van der Waals surface area contributed by atoms with E-state index in [-0.39, 0.29) is 21.6 Å². The molecule has 2 fully saturated rings. The van der Waals surface area contributed by atoms with E-state index in [1.54, 1.807) is 0 Å². The van der Waals surface area contributed by atoms with E-state index in [4.69, 9.17) is 4.74 Å². The zero-order chi connectivity index (χ0) is 22.0. The summed E-state index contributed by atoms with van der Waals surface area (Å²) in [6, 6.07) is 0. The highest BCUT2D eigenvalue weighted by atomic mass is 32.2. The highest BCUT2D eigenvalue weighted by molar-refractivity contribution is 7.91. The van der Waals surface area contributed by atoms with E-state index in [0.717, 1.165) is 79.6 Å². The van der Waals surface area contributed by atoms with E-state index in [9.17, 15) is 18.0 Å². The van der Waals surface area contributed by atoms with Gasteiger partial charge in [-0.05, 0) is 37.7 Å². The Balaban J connectivity index is 1.66. The van der Waals surface area contributed by atoms with Crippen molar-refractivity contribution in [2.24, 2.45) is 5.92 Å². The average Bonchev–Trinajstić information content (AvgIpc) is 3.40. The van der Waals surface area contributed by atoms with Crippen LogP contribution in [0.25, 0.3) is 0 Å². The summed E-state index contributed by atoms with van der Waals surface area (Å²) in [4.78, 5) is 28.2. The van der Waals surface area contributed by atoms with Gasteiger partial charge < -0.3 is 9.64 Å². The van der Waals surface area contributed by atoms with E-state index < -0.39 is 16.0 Å². The van der Waals surface area contributed by atoms with Gasteiger partial charge >= 0.3 is 5.97 Å². The van der Waals surface area contributed by atoms with Crippen LogP contribution in [0.5, 0.6) is 0 Å². The van der Waals surface area contributed by atoms with Crippen LogP contribution in [0.4, 0.5) is 0 Å². The monoisotopic (exact) mass is 468 g/mol. The molecule has 9 heteroatoms. The summed E-state index contributed by atoms with van der Waals surface area (Å²) >= 11 is 1.16. The molecule has 1 aromatic heterocycles. The predicted octanol–water partition coefficient (Wildman–Crippen LogP) is 3.56. The van der Waals surface area contributed by atoms with Gasteiger partial charge in [-0.25, -0.2) is 13.2 Å². The molecule has 172 valence electrons. The molecule has 31 heavy (non-hydrogen) atoms. The molecule has 3 heterocycles. The highest BCUT2D eigenvalue weighted by Crippen LogP contribution is 2.39. The van der Waals surface area contributed by atoms with E-state index >= 15 is 0 Å². The molecule has 3 aliphatic rings. The number of esters is 1. The van der Waals surface area contributed by atoms with Crippen LogP contribution in [0.15, 0.2) is 4.21 Å². The molecule has 0 aromatic carbocycles. The Morgan fingerprint density at radius 3 is 2.26 bits per heavy atom. The third-order valence-corrected chi connectivity index (χ3v) is 10.4. The van der Waals surface area contributed by atoms with Crippen LogP contribution in [0.3, 0.4) is 0 Å². The van der Waals surface area contributed by atoms with Gasteiger partial charge in [0.2, 0.25) is 5.91 Å². The number of ether oxygens (including phenoxy) is 1. The topological polar surface area (TPSA) is 84.0 Å². The molecule has 4 rings (SSSR count). The number of methoxy groups -OCH3 is 1. The number of sulfonamides is 1. The predicted molar refractivity (Wildman–Crippen MR) is 119 cm³/mol. The van der Waals surface area contributed by atoms with Crippen molar-refractivity contribution < 1.29 is 22.7 Å². The average molecular weight is 469 g/mol. The number of hydrogen-bond donors (Lipinski definition) is 0. The zero-order valence-electron chi connectivity index (χ0n) is 18.2. The van der Waals surface area contributed by atoms with Gasteiger partial charge in [0.1, 0.15) is 4.21 Å². The Bertz CT molecular complexity index is 926. The zero-order valence-corrected chi connectivity index (χ0v) is 19.9. The lowest BCUT2D eigenvalue weighted by Crippen LogP contribution is -2.39. The molecule has 0 atom stereocenters. The van der Waals surface area contributed by atoms with Crippen molar-refractivity contribution in [1.29, 1.82) is 0 Å². The van der Waals surface area contributed by atoms with Gasteiger partial charge in [0.05, 0.1) is 19.2 Å². The number of carbonyl (C=O) groups is 2. The summed E-state index contributed by atoms with van der Waals surface area (Å²) in [6.07, 6.45) is 9.42. The van der Waals surface area contributed by atoms with Crippen molar-refractivity contribution in [2.75, 3.05) is 26.7 Å². The number of hydrogen-bond acceptors (Lipinski definition) is 6. The summed E-state index contributed by atoms with van der Waals surface area (Å²) < 4.78 is 33.8. The number of amides is 1. The summed E-state index contributed by atoms with van der Waals surface area (Å²) in [7, 11) is -2.50. The standard InChI is InChI=1S/C22H32N2O5S2/c1-29-21(26)19-17-11-14-23(20(25)16-9-5-6-10-16)15-18(17)30-22(19)31(27,28)24-12-7-3-2-4-8-13-24/h16H,2-15H2,1H3. The second kappa shape index (κ2) is 9.58. The van der Waals surface area contributed by atoms with Crippen LogP contribution < -0.4 is 0 Å².